The van der Waals surface area contributed by atoms with E-state index in [0.29, 0.717) is 0 Å². The maximum Gasteiger partial charge on any atom is 0.134 e. The summed E-state index contributed by atoms with van der Waals surface area (Å²) in [5.74, 6) is 1.00. The molecule has 222 valence electrons. The van der Waals surface area contributed by atoms with E-state index in [0.717, 1.165) is 34.6 Å². The van der Waals surface area contributed by atoms with Crippen LogP contribution in [0.25, 0.3) is 37.6 Å². The second-order valence-corrected chi connectivity index (χ2v) is 13.6. The monoisotopic (exact) mass is 612 g/mol. The Morgan fingerprint density at radius 1 is 0.804 bits per heavy atom. The van der Waals surface area contributed by atoms with Crippen molar-refractivity contribution >= 4 is 54.6 Å². The molecule has 3 heterocycles. The molecule has 0 amide bonds. The lowest BCUT2D eigenvalue weighted by atomic mass is 9.76. The lowest BCUT2D eigenvalue weighted by Crippen LogP contribution is -2.32. The van der Waals surface area contributed by atoms with Gasteiger partial charge in [0.1, 0.15) is 11.9 Å². The molecule has 0 spiro atoms. The van der Waals surface area contributed by atoms with Crippen molar-refractivity contribution in [2.45, 2.75) is 31.8 Å². The van der Waals surface area contributed by atoms with Crippen molar-refractivity contribution < 1.29 is 4.74 Å². The van der Waals surface area contributed by atoms with Crippen LogP contribution in [-0.2, 0) is 11.8 Å². The number of thiophene rings is 1. The van der Waals surface area contributed by atoms with Gasteiger partial charge in [-0.25, -0.2) is 0 Å². The predicted octanol–water partition coefficient (Wildman–Crippen LogP) is 10.9. The van der Waals surface area contributed by atoms with Crippen molar-refractivity contribution in [3.8, 4) is 11.4 Å². The molecule has 0 fully saturated rings. The van der Waals surface area contributed by atoms with E-state index in [1.54, 1.807) is 0 Å². The Kier molecular flexibility index (Phi) is 6.16. The van der Waals surface area contributed by atoms with E-state index in [9.17, 15) is 0 Å². The van der Waals surface area contributed by atoms with E-state index in [1.165, 1.54) is 48.1 Å². The van der Waals surface area contributed by atoms with Gasteiger partial charge in [-0.15, -0.1) is 11.3 Å². The average Bonchev–Trinajstić information content (AvgIpc) is 3.72. The molecule has 1 aliphatic carbocycles. The van der Waals surface area contributed by atoms with Gasteiger partial charge in [-0.3, -0.25) is 4.99 Å². The van der Waals surface area contributed by atoms with Gasteiger partial charge in [0, 0.05) is 33.3 Å². The molecule has 0 bridgehead atoms. The third-order valence-corrected chi connectivity index (χ3v) is 10.9. The van der Waals surface area contributed by atoms with Gasteiger partial charge in [-0.2, -0.15) is 0 Å². The van der Waals surface area contributed by atoms with Gasteiger partial charge < -0.3 is 9.30 Å². The Morgan fingerprint density at radius 2 is 1.57 bits per heavy atom. The lowest BCUT2D eigenvalue weighted by Gasteiger charge is -2.26. The fourth-order valence-electron chi connectivity index (χ4n) is 7.33. The summed E-state index contributed by atoms with van der Waals surface area (Å²) in [4.78, 5) is 6.61. The number of nitrogens with zero attached hydrogens (tertiary/aromatic N) is 2. The number of aromatic nitrogens is 1. The number of hydrogen-bond donors (Lipinski definition) is 0. The van der Waals surface area contributed by atoms with Gasteiger partial charge in [0.2, 0.25) is 0 Å². The van der Waals surface area contributed by atoms with Crippen LogP contribution in [0, 0.1) is 0 Å². The summed E-state index contributed by atoms with van der Waals surface area (Å²) in [5, 5.41) is 3.57. The first-order valence-electron chi connectivity index (χ1n) is 15.9. The highest BCUT2D eigenvalue weighted by molar-refractivity contribution is 7.20. The van der Waals surface area contributed by atoms with E-state index in [2.05, 4.69) is 158 Å². The van der Waals surface area contributed by atoms with Crippen molar-refractivity contribution in [2.24, 2.45) is 4.99 Å². The molecule has 1 aliphatic heterocycles. The minimum Gasteiger partial charge on any atom is -0.484 e. The summed E-state index contributed by atoms with van der Waals surface area (Å²) in [6.45, 7) is 4.40. The van der Waals surface area contributed by atoms with Crippen LogP contribution in [0.5, 0.6) is 5.75 Å². The highest BCUT2D eigenvalue weighted by atomic mass is 32.1. The molecule has 2 unspecified atom stereocenters. The molecule has 2 aliphatic rings. The van der Waals surface area contributed by atoms with E-state index < -0.39 is 0 Å². The lowest BCUT2D eigenvalue weighted by molar-refractivity contribution is 0.230. The maximum atomic E-state index is 6.78. The Morgan fingerprint density at radius 3 is 2.41 bits per heavy atom. The van der Waals surface area contributed by atoms with E-state index >= 15 is 0 Å². The number of allylic oxidation sites excluding steroid dienone is 2. The van der Waals surface area contributed by atoms with E-state index in [4.69, 9.17) is 9.73 Å². The zero-order chi connectivity index (χ0) is 30.8. The second-order valence-electron chi connectivity index (χ2n) is 12.5. The summed E-state index contributed by atoms with van der Waals surface area (Å²) >= 11 is 1.86. The summed E-state index contributed by atoms with van der Waals surface area (Å²) in [7, 11) is 0. The number of para-hydroxylation sites is 1. The van der Waals surface area contributed by atoms with Crippen LogP contribution in [0.15, 0.2) is 145 Å². The molecule has 5 aromatic carbocycles. The average molecular weight is 613 g/mol. The molecule has 2 aromatic heterocycles. The fraction of sp³-hybridized carbons (Fsp3) is 0.119. The van der Waals surface area contributed by atoms with Crippen LogP contribution < -0.4 is 4.74 Å². The van der Waals surface area contributed by atoms with E-state index in [-0.39, 0.29) is 11.5 Å². The van der Waals surface area contributed by atoms with Crippen LogP contribution in [0.2, 0.25) is 0 Å². The molecular weight excluding hydrogens is 581 g/mol. The zero-order valence-electron chi connectivity index (χ0n) is 25.8. The summed E-state index contributed by atoms with van der Waals surface area (Å²) in [6, 6.07) is 41.2. The molecule has 4 heteroatoms. The highest BCUT2D eigenvalue weighted by Gasteiger charge is 2.44. The van der Waals surface area contributed by atoms with Crippen molar-refractivity contribution in [2.75, 3.05) is 0 Å². The normalized spacial score (nSPS) is 18.7. The smallest absolute Gasteiger partial charge is 0.134 e. The molecule has 2 atom stereocenters. The van der Waals surface area contributed by atoms with Gasteiger partial charge >= 0.3 is 0 Å². The molecule has 3 nitrogen and oxygen atoms in total. The number of hydrogen-bond acceptors (Lipinski definition) is 3. The van der Waals surface area contributed by atoms with Crippen molar-refractivity contribution in [1.29, 1.82) is 0 Å². The predicted molar refractivity (Wildman–Crippen MR) is 194 cm³/mol. The first-order valence-corrected chi connectivity index (χ1v) is 16.7. The number of aliphatic imine (C=N–C) groups is 1. The number of ether oxygens (including phenoxy) is 1. The minimum absolute atomic E-state index is 0.00485. The summed E-state index contributed by atoms with van der Waals surface area (Å²) < 4.78 is 10.5. The number of benzene rings is 5. The molecule has 7 aromatic rings. The number of rotatable bonds is 5. The molecule has 0 saturated carbocycles. The van der Waals surface area contributed by atoms with Crippen molar-refractivity contribution in [3.63, 3.8) is 0 Å². The van der Waals surface area contributed by atoms with Gasteiger partial charge in [-0.05, 0) is 49.2 Å². The Hall–Kier alpha value is -5.19. The largest absolute Gasteiger partial charge is 0.484 e. The van der Waals surface area contributed by atoms with Crippen LogP contribution in [0.1, 0.15) is 35.4 Å². The minimum atomic E-state index is -0.175. The SMILES string of the molecule is CC(=Nc1c(Cc2ccccc2)sc2c(-n3c4ccccc4c4c5c(ccc43)C3(C)C=CC=CC3O5)cccc12)c1ccccc1. The van der Waals surface area contributed by atoms with Crippen molar-refractivity contribution in [3.05, 3.63) is 161 Å². The Labute approximate surface area is 272 Å². The Bertz CT molecular complexity index is 2390. The van der Waals surface area contributed by atoms with Crippen LogP contribution in [0.3, 0.4) is 0 Å². The second kappa shape index (κ2) is 10.4. The first-order chi connectivity index (χ1) is 22.6. The fourth-order valence-corrected chi connectivity index (χ4v) is 8.61. The summed E-state index contributed by atoms with van der Waals surface area (Å²) in [5.41, 5.74) is 9.08. The molecular formula is C42H32N2OS. The van der Waals surface area contributed by atoms with Crippen LogP contribution in [-0.4, -0.2) is 16.4 Å². The Balaban J connectivity index is 1.30. The topological polar surface area (TPSA) is 26.5 Å². The zero-order valence-corrected chi connectivity index (χ0v) is 26.6. The van der Waals surface area contributed by atoms with Gasteiger partial charge in [0.05, 0.1) is 37.9 Å². The molecule has 0 saturated heterocycles. The van der Waals surface area contributed by atoms with Gasteiger partial charge in [0.25, 0.3) is 0 Å². The first kappa shape index (κ1) is 27.1. The van der Waals surface area contributed by atoms with Crippen molar-refractivity contribution in [1.82, 2.24) is 4.57 Å². The van der Waals surface area contributed by atoms with Gasteiger partial charge in [-0.1, -0.05) is 115 Å². The molecule has 46 heavy (non-hydrogen) atoms. The molecule has 0 radical (unpaired) electrons. The van der Waals surface area contributed by atoms with E-state index in [1.807, 2.05) is 11.3 Å². The molecule has 9 rings (SSSR count). The quantitative estimate of drug-likeness (QED) is 0.178. The number of fused-ring (bicyclic) bond motifs is 8. The highest BCUT2D eigenvalue weighted by Crippen LogP contribution is 2.52. The van der Waals surface area contributed by atoms with Crippen LogP contribution >= 0.6 is 11.3 Å². The maximum absolute atomic E-state index is 6.78. The summed E-state index contributed by atoms with van der Waals surface area (Å²) in [6.07, 6.45) is 9.54. The third-order valence-electron chi connectivity index (χ3n) is 9.70. The standard InChI is InChI=1S/C42H32N2OS/c1-27(29-16-7-4-8-17-29)43-39-31-19-13-21-35(41(31)46-36(39)26-28-14-5-3-6-15-28)44-33-20-10-9-18-30(33)38-34(44)24-23-32-40(38)45-37-22-11-12-25-42(32,37)2/h3-25,37H,26H2,1-2H3. The molecule has 0 N–H and O–H groups in total. The third kappa shape index (κ3) is 4.07. The van der Waals surface area contributed by atoms with Gasteiger partial charge in [0.15, 0.2) is 0 Å². The van der Waals surface area contributed by atoms with Crippen LogP contribution in [0.4, 0.5) is 5.69 Å².